The number of nitrogens with zero attached hydrogens (tertiary/aromatic N) is 1. The number of nitrogens with one attached hydrogen (secondary N) is 1. The number of carboxylic acids is 1. The lowest BCUT2D eigenvalue weighted by Crippen LogP contribution is -2.59. The number of hydrogen-bond donors (Lipinski definition) is 2. The number of methoxy groups -OCH3 is 1. The molecule has 1 heterocycles. The van der Waals surface area contributed by atoms with E-state index in [1.54, 1.807) is 14.0 Å². The molecule has 1 aliphatic rings. The van der Waals surface area contributed by atoms with Gasteiger partial charge in [0.1, 0.15) is 5.54 Å². The highest BCUT2D eigenvalue weighted by atomic mass is 16.5. The third-order valence-electron chi connectivity index (χ3n) is 3.41. The molecule has 1 amide bonds. The first-order valence-electron chi connectivity index (χ1n) is 6.26. The second-order valence-corrected chi connectivity index (χ2v) is 4.75. The normalized spacial score (nSPS) is 24.0. The number of carbonyl (C=O) groups is 2. The first-order chi connectivity index (χ1) is 8.52. The van der Waals surface area contributed by atoms with Crippen molar-refractivity contribution in [2.75, 3.05) is 33.4 Å². The van der Waals surface area contributed by atoms with Gasteiger partial charge in [-0.1, -0.05) is 0 Å². The molecule has 104 valence electrons. The lowest BCUT2D eigenvalue weighted by molar-refractivity contribution is -0.160. The maximum atomic E-state index is 12.0. The van der Waals surface area contributed by atoms with Crippen molar-refractivity contribution >= 4 is 11.9 Å². The van der Waals surface area contributed by atoms with E-state index >= 15 is 0 Å². The Bertz CT molecular complexity index is 308. The van der Waals surface area contributed by atoms with E-state index < -0.39 is 11.5 Å². The topological polar surface area (TPSA) is 78.9 Å². The van der Waals surface area contributed by atoms with Crippen molar-refractivity contribution in [1.82, 2.24) is 10.2 Å². The standard InChI is InChI=1S/C12H22N2O4/c1-12(11(16)17)5-3-4-7-14(12)10(15)9-13-6-8-18-2/h13H,3-9H2,1-2H3,(H,16,17). The smallest absolute Gasteiger partial charge is 0.329 e. The summed E-state index contributed by atoms with van der Waals surface area (Å²) in [5, 5.41) is 12.2. The second-order valence-electron chi connectivity index (χ2n) is 4.75. The van der Waals surface area contributed by atoms with Gasteiger partial charge in [0, 0.05) is 20.2 Å². The molecule has 0 bridgehead atoms. The summed E-state index contributed by atoms with van der Waals surface area (Å²) in [6, 6.07) is 0. The Morgan fingerprint density at radius 3 is 2.78 bits per heavy atom. The van der Waals surface area contributed by atoms with Crippen LogP contribution in [0.4, 0.5) is 0 Å². The van der Waals surface area contributed by atoms with Crippen molar-refractivity contribution in [1.29, 1.82) is 0 Å². The van der Waals surface area contributed by atoms with Crippen molar-refractivity contribution < 1.29 is 19.4 Å². The summed E-state index contributed by atoms with van der Waals surface area (Å²) in [4.78, 5) is 24.9. The minimum Gasteiger partial charge on any atom is -0.480 e. The van der Waals surface area contributed by atoms with Crippen LogP contribution < -0.4 is 5.32 Å². The summed E-state index contributed by atoms with van der Waals surface area (Å²) >= 11 is 0. The molecule has 0 aromatic rings. The average Bonchev–Trinajstić information content (AvgIpc) is 2.34. The Morgan fingerprint density at radius 1 is 1.44 bits per heavy atom. The first kappa shape index (κ1) is 14.9. The van der Waals surface area contributed by atoms with Gasteiger partial charge in [-0.3, -0.25) is 4.79 Å². The van der Waals surface area contributed by atoms with Gasteiger partial charge in [0.15, 0.2) is 0 Å². The van der Waals surface area contributed by atoms with E-state index in [4.69, 9.17) is 4.74 Å². The predicted molar refractivity (Wildman–Crippen MR) is 66.4 cm³/mol. The van der Waals surface area contributed by atoms with Crippen molar-refractivity contribution in [2.24, 2.45) is 0 Å². The van der Waals surface area contributed by atoms with E-state index in [-0.39, 0.29) is 12.5 Å². The van der Waals surface area contributed by atoms with Crippen molar-refractivity contribution in [3.63, 3.8) is 0 Å². The van der Waals surface area contributed by atoms with Crippen molar-refractivity contribution in [3.8, 4) is 0 Å². The van der Waals surface area contributed by atoms with Crippen LogP contribution in [0.2, 0.25) is 0 Å². The van der Waals surface area contributed by atoms with Gasteiger partial charge < -0.3 is 20.1 Å². The third kappa shape index (κ3) is 3.43. The zero-order valence-corrected chi connectivity index (χ0v) is 11.1. The molecule has 1 aliphatic heterocycles. The summed E-state index contributed by atoms with van der Waals surface area (Å²) < 4.78 is 4.87. The summed E-state index contributed by atoms with van der Waals surface area (Å²) in [6.07, 6.45) is 2.24. The van der Waals surface area contributed by atoms with Crippen LogP contribution in [0.3, 0.4) is 0 Å². The van der Waals surface area contributed by atoms with Crippen LogP contribution in [0.25, 0.3) is 0 Å². The summed E-state index contributed by atoms with van der Waals surface area (Å²) in [6.45, 7) is 3.42. The van der Waals surface area contributed by atoms with E-state index in [2.05, 4.69) is 5.32 Å². The van der Waals surface area contributed by atoms with Gasteiger partial charge in [0.05, 0.1) is 13.2 Å². The maximum Gasteiger partial charge on any atom is 0.329 e. The van der Waals surface area contributed by atoms with E-state index in [9.17, 15) is 14.7 Å². The molecule has 1 atom stereocenters. The largest absolute Gasteiger partial charge is 0.480 e. The molecule has 18 heavy (non-hydrogen) atoms. The quantitative estimate of drug-likeness (QED) is 0.660. The number of amides is 1. The van der Waals surface area contributed by atoms with Crippen molar-refractivity contribution in [2.45, 2.75) is 31.7 Å². The Kier molecular flexibility index (Phi) is 5.55. The third-order valence-corrected chi connectivity index (χ3v) is 3.41. The average molecular weight is 258 g/mol. The molecule has 6 nitrogen and oxygen atoms in total. The number of carbonyl (C=O) groups excluding carboxylic acids is 1. The van der Waals surface area contributed by atoms with Gasteiger partial charge in [-0.2, -0.15) is 0 Å². The van der Waals surface area contributed by atoms with Crippen molar-refractivity contribution in [3.05, 3.63) is 0 Å². The lowest BCUT2D eigenvalue weighted by atomic mass is 9.88. The summed E-state index contributed by atoms with van der Waals surface area (Å²) in [7, 11) is 1.59. The fourth-order valence-corrected chi connectivity index (χ4v) is 2.21. The molecule has 1 saturated heterocycles. The van der Waals surface area contributed by atoms with Gasteiger partial charge in [-0.05, 0) is 26.2 Å². The van der Waals surface area contributed by atoms with Crippen LogP contribution in [-0.2, 0) is 14.3 Å². The molecule has 2 N–H and O–H groups in total. The number of aliphatic carboxylic acids is 1. The number of piperidine rings is 1. The highest BCUT2D eigenvalue weighted by Gasteiger charge is 2.43. The second kappa shape index (κ2) is 6.70. The number of carboxylic acid groups (broad SMARTS) is 1. The van der Waals surface area contributed by atoms with Crippen LogP contribution in [0.5, 0.6) is 0 Å². The van der Waals surface area contributed by atoms with Crippen LogP contribution in [0.1, 0.15) is 26.2 Å². The highest BCUT2D eigenvalue weighted by molar-refractivity contribution is 5.87. The molecular weight excluding hydrogens is 236 g/mol. The number of likely N-dealkylation sites (tertiary alicyclic amines) is 1. The Morgan fingerprint density at radius 2 is 2.17 bits per heavy atom. The number of ether oxygens (including phenoxy) is 1. The Labute approximate surface area is 107 Å². The minimum atomic E-state index is -1.06. The van der Waals surface area contributed by atoms with Gasteiger partial charge in [-0.25, -0.2) is 4.79 Å². The molecule has 0 aromatic heterocycles. The maximum absolute atomic E-state index is 12.0. The van der Waals surface area contributed by atoms with E-state index in [0.717, 1.165) is 12.8 Å². The zero-order chi connectivity index (χ0) is 13.6. The monoisotopic (exact) mass is 258 g/mol. The van der Waals surface area contributed by atoms with Gasteiger partial charge in [0.2, 0.25) is 5.91 Å². The SMILES string of the molecule is COCCNCC(=O)N1CCCCC1(C)C(=O)O. The number of hydrogen-bond acceptors (Lipinski definition) is 4. The molecule has 6 heteroatoms. The first-order valence-corrected chi connectivity index (χ1v) is 6.26. The van der Waals surface area contributed by atoms with Gasteiger partial charge in [-0.15, -0.1) is 0 Å². The fraction of sp³-hybridized carbons (Fsp3) is 0.833. The van der Waals surface area contributed by atoms with Crippen LogP contribution in [0.15, 0.2) is 0 Å². The fourth-order valence-electron chi connectivity index (χ4n) is 2.21. The molecule has 0 spiro atoms. The molecule has 0 radical (unpaired) electrons. The molecule has 0 aliphatic carbocycles. The highest BCUT2D eigenvalue weighted by Crippen LogP contribution is 2.28. The number of rotatable bonds is 6. The van der Waals surface area contributed by atoms with Crippen LogP contribution >= 0.6 is 0 Å². The van der Waals surface area contributed by atoms with E-state index in [1.165, 1.54) is 4.90 Å². The Balaban J connectivity index is 2.55. The lowest BCUT2D eigenvalue weighted by Gasteiger charge is -2.41. The predicted octanol–water partition coefficient (Wildman–Crippen LogP) is 0.0782. The van der Waals surface area contributed by atoms with Gasteiger partial charge >= 0.3 is 5.97 Å². The van der Waals surface area contributed by atoms with E-state index in [1.807, 2.05) is 0 Å². The molecule has 0 aromatic carbocycles. The Hall–Kier alpha value is -1.14. The molecular formula is C12H22N2O4. The van der Waals surface area contributed by atoms with Crippen LogP contribution in [-0.4, -0.2) is 60.8 Å². The summed E-state index contributed by atoms with van der Waals surface area (Å²) in [5.74, 6) is -1.08. The summed E-state index contributed by atoms with van der Waals surface area (Å²) in [5.41, 5.74) is -1.06. The molecule has 1 unspecified atom stereocenters. The zero-order valence-electron chi connectivity index (χ0n) is 11.1. The minimum absolute atomic E-state index is 0.157. The molecule has 1 rings (SSSR count). The molecule has 1 fully saturated rings. The van der Waals surface area contributed by atoms with E-state index in [0.29, 0.717) is 26.1 Å². The molecule has 0 saturated carbocycles. The van der Waals surface area contributed by atoms with Gasteiger partial charge in [0.25, 0.3) is 0 Å². The van der Waals surface area contributed by atoms with Crippen LogP contribution in [0, 0.1) is 0 Å².